The molecule has 0 amide bonds. The van der Waals surface area contributed by atoms with Gasteiger partial charge in [0.15, 0.2) is 11.3 Å². The first-order chi connectivity index (χ1) is 6.20. The number of nitrogens with zero attached hydrogens (tertiary/aromatic N) is 3. The van der Waals surface area contributed by atoms with Crippen LogP contribution in [0.2, 0.25) is 0 Å². The van der Waals surface area contributed by atoms with Crippen LogP contribution in [0.5, 0.6) is 5.75 Å². The van der Waals surface area contributed by atoms with Crippen molar-refractivity contribution in [3.8, 4) is 11.8 Å². The number of methoxy groups -OCH3 is 1. The second kappa shape index (κ2) is 3.49. The lowest BCUT2D eigenvalue weighted by Gasteiger charge is -2.00. The minimum Gasteiger partial charge on any atom is -0.493 e. The van der Waals surface area contributed by atoms with Crippen LogP contribution in [0.15, 0.2) is 12.4 Å². The van der Waals surface area contributed by atoms with Crippen LogP contribution in [0.1, 0.15) is 5.56 Å². The summed E-state index contributed by atoms with van der Waals surface area (Å²) in [7, 11) is 1.32. The summed E-state index contributed by atoms with van der Waals surface area (Å²) in [4.78, 5) is 13.3. The summed E-state index contributed by atoms with van der Waals surface area (Å²) in [5, 5.41) is 19.0. The third kappa shape index (κ3) is 1.54. The van der Waals surface area contributed by atoms with Gasteiger partial charge in [0.2, 0.25) is 0 Å². The molecular weight excluding hydrogens is 174 g/mol. The highest BCUT2D eigenvalue weighted by molar-refractivity contribution is 5.54. The standard InChI is InChI=1S/C7H5N3O3/c1-13-7-4-9-3-6(10(11)12)5(7)2-8/h3-4H,1H3. The van der Waals surface area contributed by atoms with Crippen molar-refractivity contribution in [2.45, 2.75) is 0 Å². The van der Waals surface area contributed by atoms with Crippen molar-refractivity contribution in [1.82, 2.24) is 4.98 Å². The summed E-state index contributed by atoms with van der Waals surface area (Å²) in [6, 6.07) is 1.69. The molecule has 0 N–H and O–H groups in total. The van der Waals surface area contributed by atoms with E-state index in [1.807, 2.05) is 0 Å². The van der Waals surface area contributed by atoms with Gasteiger partial charge in [-0.1, -0.05) is 0 Å². The average molecular weight is 179 g/mol. The summed E-state index contributed by atoms with van der Waals surface area (Å²) in [5.74, 6) is 0.108. The monoisotopic (exact) mass is 179 g/mol. The molecule has 13 heavy (non-hydrogen) atoms. The van der Waals surface area contributed by atoms with E-state index in [0.29, 0.717) is 0 Å². The normalized spacial score (nSPS) is 8.92. The Kier molecular flexibility index (Phi) is 2.40. The second-order valence-electron chi connectivity index (χ2n) is 2.10. The van der Waals surface area contributed by atoms with Gasteiger partial charge in [0.05, 0.1) is 18.2 Å². The Hall–Kier alpha value is -2.16. The predicted octanol–water partition coefficient (Wildman–Crippen LogP) is 0.870. The van der Waals surface area contributed by atoms with Gasteiger partial charge in [-0.05, 0) is 0 Å². The molecule has 6 heteroatoms. The summed E-state index contributed by atoms with van der Waals surface area (Å²) in [6.07, 6.45) is 2.27. The lowest BCUT2D eigenvalue weighted by atomic mass is 10.2. The minimum atomic E-state index is -0.673. The van der Waals surface area contributed by atoms with Gasteiger partial charge in [0.25, 0.3) is 0 Å². The zero-order chi connectivity index (χ0) is 9.84. The van der Waals surface area contributed by atoms with Gasteiger partial charge in [0.1, 0.15) is 12.3 Å². The van der Waals surface area contributed by atoms with E-state index < -0.39 is 4.92 Å². The number of aromatic nitrogens is 1. The van der Waals surface area contributed by atoms with E-state index in [4.69, 9.17) is 10.00 Å². The Morgan fingerprint density at radius 2 is 2.38 bits per heavy atom. The first-order valence-electron chi connectivity index (χ1n) is 3.27. The van der Waals surface area contributed by atoms with Crippen LogP contribution in [-0.2, 0) is 0 Å². The summed E-state index contributed by atoms with van der Waals surface area (Å²) in [5.41, 5.74) is -0.454. The molecule has 0 bridgehead atoms. The van der Waals surface area contributed by atoms with Crippen LogP contribution in [0.3, 0.4) is 0 Å². The quantitative estimate of drug-likeness (QED) is 0.496. The van der Waals surface area contributed by atoms with Crippen molar-refractivity contribution >= 4 is 5.69 Å². The number of nitriles is 1. The fourth-order valence-corrected chi connectivity index (χ4v) is 0.836. The highest BCUT2D eigenvalue weighted by Crippen LogP contribution is 2.24. The van der Waals surface area contributed by atoms with Crippen molar-refractivity contribution < 1.29 is 9.66 Å². The van der Waals surface area contributed by atoms with Crippen LogP contribution in [-0.4, -0.2) is 17.0 Å². The fourth-order valence-electron chi connectivity index (χ4n) is 0.836. The van der Waals surface area contributed by atoms with Gasteiger partial charge in [-0.3, -0.25) is 15.1 Å². The molecule has 0 atom stereocenters. The predicted molar refractivity (Wildman–Crippen MR) is 42.2 cm³/mol. The lowest BCUT2D eigenvalue weighted by Crippen LogP contribution is -1.96. The van der Waals surface area contributed by atoms with Crippen LogP contribution in [0.4, 0.5) is 5.69 Å². The van der Waals surface area contributed by atoms with Crippen LogP contribution in [0.25, 0.3) is 0 Å². The number of rotatable bonds is 2. The number of hydrogen-bond donors (Lipinski definition) is 0. The van der Waals surface area contributed by atoms with E-state index in [-0.39, 0.29) is 17.0 Å². The molecule has 0 saturated heterocycles. The molecule has 0 aliphatic heterocycles. The Morgan fingerprint density at radius 1 is 1.69 bits per heavy atom. The summed E-state index contributed by atoms with van der Waals surface area (Å²) < 4.78 is 4.74. The molecule has 0 fully saturated rings. The molecule has 66 valence electrons. The fraction of sp³-hybridized carbons (Fsp3) is 0.143. The second-order valence-corrected chi connectivity index (χ2v) is 2.10. The molecule has 0 aliphatic carbocycles. The molecule has 1 rings (SSSR count). The number of hydrogen-bond acceptors (Lipinski definition) is 5. The van der Waals surface area contributed by atoms with Crippen molar-refractivity contribution in [2.75, 3.05) is 7.11 Å². The van der Waals surface area contributed by atoms with E-state index in [1.54, 1.807) is 6.07 Å². The zero-order valence-electron chi connectivity index (χ0n) is 6.72. The molecule has 1 aromatic heterocycles. The third-order valence-corrected chi connectivity index (χ3v) is 1.42. The number of nitro groups is 1. The molecule has 1 heterocycles. The first-order valence-corrected chi connectivity index (χ1v) is 3.27. The molecule has 0 unspecified atom stereocenters. The maximum Gasteiger partial charge on any atom is 0.309 e. The molecule has 6 nitrogen and oxygen atoms in total. The molecule has 0 aliphatic rings. The topological polar surface area (TPSA) is 89.1 Å². The van der Waals surface area contributed by atoms with E-state index in [0.717, 1.165) is 6.20 Å². The highest BCUT2D eigenvalue weighted by Gasteiger charge is 2.18. The van der Waals surface area contributed by atoms with Crippen LogP contribution >= 0.6 is 0 Å². The maximum atomic E-state index is 10.4. The molecule has 0 saturated carbocycles. The van der Waals surface area contributed by atoms with E-state index in [9.17, 15) is 10.1 Å². The van der Waals surface area contributed by atoms with Crippen molar-refractivity contribution in [3.63, 3.8) is 0 Å². The van der Waals surface area contributed by atoms with Gasteiger partial charge in [-0.2, -0.15) is 5.26 Å². The Bertz CT molecular complexity index is 383. The van der Waals surface area contributed by atoms with E-state index in [1.165, 1.54) is 13.3 Å². The van der Waals surface area contributed by atoms with Crippen molar-refractivity contribution in [3.05, 3.63) is 28.1 Å². The molecule has 1 aromatic rings. The highest BCUT2D eigenvalue weighted by atomic mass is 16.6. The zero-order valence-corrected chi connectivity index (χ0v) is 6.72. The Balaban J connectivity index is 3.38. The maximum absolute atomic E-state index is 10.4. The van der Waals surface area contributed by atoms with Gasteiger partial charge in [0, 0.05) is 0 Å². The van der Waals surface area contributed by atoms with E-state index in [2.05, 4.69) is 4.98 Å². The van der Waals surface area contributed by atoms with Gasteiger partial charge in [-0.25, -0.2) is 0 Å². The Morgan fingerprint density at radius 3 is 2.85 bits per heavy atom. The largest absolute Gasteiger partial charge is 0.493 e. The van der Waals surface area contributed by atoms with Crippen molar-refractivity contribution in [2.24, 2.45) is 0 Å². The molecule has 0 aromatic carbocycles. The summed E-state index contributed by atoms with van der Waals surface area (Å²) >= 11 is 0. The number of ether oxygens (including phenoxy) is 1. The van der Waals surface area contributed by atoms with Gasteiger partial charge >= 0.3 is 5.69 Å². The lowest BCUT2D eigenvalue weighted by molar-refractivity contribution is -0.385. The van der Waals surface area contributed by atoms with Crippen LogP contribution < -0.4 is 4.74 Å². The Labute approximate surface area is 73.5 Å². The molecular formula is C7H5N3O3. The molecule has 0 radical (unpaired) electrons. The van der Waals surface area contributed by atoms with Gasteiger partial charge < -0.3 is 4.74 Å². The number of pyridine rings is 1. The van der Waals surface area contributed by atoms with E-state index >= 15 is 0 Å². The summed E-state index contributed by atoms with van der Waals surface area (Å²) in [6.45, 7) is 0. The minimum absolute atomic E-state index is 0.108. The molecule has 0 spiro atoms. The SMILES string of the molecule is COc1cncc([N+](=O)[O-])c1C#N. The third-order valence-electron chi connectivity index (χ3n) is 1.42. The first kappa shape index (κ1) is 8.93. The average Bonchev–Trinajstić information content (AvgIpc) is 2.16. The van der Waals surface area contributed by atoms with Crippen molar-refractivity contribution in [1.29, 1.82) is 5.26 Å². The smallest absolute Gasteiger partial charge is 0.309 e. The van der Waals surface area contributed by atoms with Crippen LogP contribution in [0, 0.1) is 21.4 Å². The van der Waals surface area contributed by atoms with Gasteiger partial charge in [-0.15, -0.1) is 0 Å².